The van der Waals surface area contributed by atoms with Gasteiger partial charge in [-0.3, -0.25) is 4.79 Å². The summed E-state index contributed by atoms with van der Waals surface area (Å²) in [7, 11) is 0. The van der Waals surface area contributed by atoms with Crippen LogP contribution in [0.25, 0.3) is 0 Å². The molecule has 1 aromatic carbocycles. The van der Waals surface area contributed by atoms with Gasteiger partial charge in [0.25, 0.3) is 0 Å². The van der Waals surface area contributed by atoms with E-state index in [1.807, 2.05) is 6.07 Å². The third kappa shape index (κ3) is 3.42. The molecule has 1 N–H and O–H groups in total. The SMILES string of the molecule is CC(C)(C)NCC(=O)c1ccc2c(c1)CCCC2. The zero-order valence-corrected chi connectivity index (χ0v) is 11.7. The average Bonchev–Trinajstić information content (AvgIpc) is 2.34. The molecule has 0 aliphatic heterocycles. The van der Waals surface area contributed by atoms with E-state index in [0.29, 0.717) is 6.54 Å². The van der Waals surface area contributed by atoms with Crippen molar-refractivity contribution in [3.8, 4) is 0 Å². The number of nitrogens with one attached hydrogen (secondary N) is 1. The van der Waals surface area contributed by atoms with E-state index in [9.17, 15) is 4.79 Å². The first-order chi connectivity index (χ1) is 8.46. The molecule has 0 heterocycles. The number of ketones is 1. The lowest BCUT2D eigenvalue weighted by Gasteiger charge is -2.20. The number of hydrogen-bond acceptors (Lipinski definition) is 2. The molecular formula is C16H23NO. The van der Waals surface area contributed by atoms with E-state index in [2.05, 4.69) is 38.2 Å². The Kier molecular flexibility index (Phi) is 3.86. The fourth-order valence-corrected chi connectivity index (χ4v) is 2.35. The lowest BCUT2D eigenvalue weighted by atomic mass is 9.90. The van der Waals surface area contributed by atoms with Gasteiger partial charge in [0.2, 0.25) is 0 Å². The van der Waals surface area contributed by atoms with Gasteiger partial charge in [-0.1, -0.05) is 12.1 Å². The largest absolute Gasteiger partial charge is 0.305 e. The van der Waals surface area contributed by atoms with Crippen LogP contribution in [-0.2, 0) is 12.8 Å². The second-order valence-corrected chi connectivity index (χ2v) is 6.22. The molecule has 0 aromatic heterocycles. The molecule has 0 bridgehead atoms. The Morgan fingerprint density at radius 1 is 1.17 bits per heavy atom. The van der Waals surface area contributed by atoms with Crippen LogP contribution in [0.2, 0.25) is 0 Å². The number of rotatable bonds is 3. The minimum absolute atomic E-state index is 0.0101. The molecule has 2 heteroatoms. The van der Waals surface area contributed by atoms with Gasteiger partial charge in [0.1, 0.15) is 0 Å². The minimum Gasteiger partial charge on any atom is -0.305 e. The Labute approximate surface area is 110 Å². The zero-order valence-electron chi connectivity index (χ0n) is 11.7. The zero-order chi connectivity index (χ0) is 13.2. The van der Waals surface area contributed by atoms with Crippen molar-refractivity contribution in [2.24, 2.45) is 0 Å². The summed E-state index contributed by atoms with van der Waals surface area (Å²) < 4.78 is 0. The van der Waals surface area contributed by atoms with Crippen LogP contribution in [0.15, 0.2) is 18.2 Å². The Balaban J connectivity index is 2.07. The number of carbonyl (C=O) groups is 1. The maximum absolute atomic E-state index is 12.1. The second kappa shape index (κ2) is 5.23. The van der Waals surface area contributed by atoms with E-state index >= 15 is 0 Å². The Bertz CT molecular complexity index is 443. The van der Waals surface area contributed by atoms with Gasteiger partial charge >= 0.3 is 0 Å². The van der Waals surface area contributed by atoms with Crippen LogP contribution in [0.5, 0.6) is 0 Å². The van der Waals surface area contributed by atoms with Gasteiger partial charge in [-0.05, 0) is 63.6 Å². The van der Waals surface area contributed by atoms with Crippen molar-refractivity contribution >= 4 is 5.78 Å². The molecule has 0 amide bonds. The van der Waals surface area contributed by atoms with Crippen LogP contribution in [-0.4, -0.2) is 17.9 Å². The van der Waals surface area contributed by atoms with Crippen molar-refractivity contribution < 1.29 is 4.79 Å². The molecule has 0 saturated heterocycles. The predicted molar refractivity (Wildman–Crippen MR) is 75.2 cm³/mol. The smallest absolute Gasteiger partial charge is 0.176 e. The highest BCUT2D eigenvalue weighted by molar-refractivity contribution is 5.97. The molecule has 1 aromatic rings. The van der Waals surface area contributed by atoms with Gasteiger partial charge in [0.05, 0.1) is 6.54 Å². The Hall–Kier alpha value is -1.15. The van der Waals surface area contributed by atoms with Crippen LogP contribution in [0.3, 0.4) is 0 Å². The maximum atomic E-state index is 12.1. The average molecular weight is 245 g/mol. The molecule has 2 nitrogen and oxygen atoms in total. The number of Topliss-reactive ketones (excluding diaryl/α,β-unsaturated/α-hetero) is 1. The van der Waals surface area contributed by atoms with Crippen molar-refractivity contribution in [3.05, 3.63) is 34.9 Å². The number of benzene rings is 1. The Morgan fingerprint density at radius 3 is 2.50 bits per heavy atom. The highest BCUT2D eigenvalue weighted by Gasteiger charge is 2.15. The molecule has 0 unspecified atom stereocenters. The van der Waals surface area contributed by atoms with E-state index in [4.69, 9.17) is 0 Å². The van der Waals surface area contributed by atoms with Gasteiger partial charge in [-0.25, -0.2) is 0 Å². The third-order valence-electron chi connectivity index (χ3n) is 3.45. The first kappa shape index (κ1) is 13.3. The predicted octanol–water partition coefficient (Wildman–Crippen LogP) is 3.14. The van der Waals surface area contributed by atoms with Gasteiger partial charge < -0.3 is 5.32 Å². The van der Waals surface area contributed by atoms with Gasteiger partial charge in [-0.15, -0.1) is 0 Å². The molecule has 2 rings (SSSR count). The summed E-state index contributed by atoms with van der Waals surface area (Å²) in [4.78, 5) is 12.1. The van der Waals surface area contributed by atoms with Crippen LogP contribution >= 0.6 is 0 Å². The summed E-state index contributed by atoms with van der Waals surface area (Å²) in [6, 6.07) is 6.22. The first-order valence-corrected chi connectivity index (χ1v) is 6.86. The maximum Gasteiger partial charge on any atom is 0.176 e. The summed E-state index contributed by atoms with van der Waals surface area (Å²) in [5, 5.41) is 3.25. The third-order valence-corrected chi connectivity index (χ3v) is 3.45. The molecule has 1 aliphatic rings. The molecule has 0 fully saturated rings. The van der Waals surface area contributed by atoms with Crippen LogP contribution < -0.4 is 5.32 Å². The number of aryl methyl sites for hydroxylation is 2. The van der Waals surface area contributed by atoms with Gasteiger partial charge in [-0.2, -0.15) is 0 Å². The topological polar surface area (TPSA) is 29.1 Å². The molecule has 18 heavy (non-hydrogen) atoms. The van der Waals surface area contributed by atoms with Crippen LogP contribution in [0.1, 0.15) is 55.1 Å². The summed E-state index contributed by atoms with van der Waals surface area (Å²) >= 11 is 0. The summed E-state index contributed by atoms with van der Waals surface area (Å²) in [6.07, 6.45) is 4.84. The van der Waals surface area contributed by atoms with Gasteiger partial charge in [0.15, 0.2) is 5.78 Å². The van der Waals surface area contributed by atoms with Crippen molar-refractivity contribution in [2.75, 3.05) is 6.54 Å². The fraction of sp³-hybridized carbons (Fsp3) is 0.562. The van der Waals surface area contributed by atoms with E-state index in [-0.39, 0.29) is 11.3 Å². The molecular weight excluding hydrogens is 222 g/mol. The van der Waals surface area contributed by atoms with Crippen molar-refractivity contribution in [1.29, 1.82) is 0 Å². The molecule has 0 saturated carbocycles. The van der Waals surface area contributed by atoms with Crippen LogP contribution in [0, 0.1) is 0 Å². The highest BCUT2D eigenvalue weighted by atomic mass is 16.1. The highest BCUT2D eigenvalue weighted by Crippen LogP contribution is 2.22. The van der Waals surface area contributed by atoms with E-state index < -0.39 is 0 Å². The Morgan fingerprint density at radius 2 is 1.83 bits per heavy atom. The first-order valence-electron chi connectivity index (χ1n) is 6.86. The lowest BCUT2D eigenvalue weighted by molar-refractivity contribution is 0.0982. The van der Waals surface area contributed by atoms with Crippen molar-refractivity contribution in [1.82, 2.24) is 5.32 Å². The minimum atomic E-state index is -0.0101. The van der Waals surface area contributed by atoms with Crippen LogP contribution in [0.4, 0.5) is 0 Å². The monoisotopic (exact) mass is 245 g/mol. The van der Waals surface area contributed by atoms with E-state index in [1.54, 1.807) is 0 Å². The van der Waals surface area contributed by atoms with Gasteiger partial charge in [0, 0.05) is 11.1 Å². The number of hydrogen-bond donors (Lipinski definition) is 1. The molecule has 0 spiro atoms. The molecule has 0 radical (unpaired) electrons. The van der Waals surface area contributed by atoms with E-state index in [0.717, 1.165) is 12.0 Å². The quantitative estimate of drug-likeness (QED) is 0.829. The summed E-state index contributed by atoms with van der Waals surface area (Å²) in [6.45, 7) is 6.65. The summed E-state index contributed by atoms with van der Waals surface area (Å²) in [5.41, 5.74) is 3.65. The summed E-state index contributed by atoms with van der Waals surface area (Å²) in [5.74, 6) is 0.193. The number of fused-ring (bicyclic) bond motifs is 1. The molecule has 0 atom stereocenters. The van der Waals surface area contributed by atoms with E-state index in [1.165, 1.54) is 30.4 Å². The number of carbonyl (C=O) groups excluding carboxylic acids is 1. The molecule has 98 valence electrons. The standard InChI is InChI=1S/C16H23NO/c1-16(2,3)17-11-15(18)14-9-8-12-6-4-5-7-13(12)10-14/h8-10,17H,4-7,11H2,1-3H3. The second-order valence-electron chi connectivity index (χ2n) is 6.22. The lowest BCUT2D eigenvalue weighted by Crippen LogP contribution is -2.39. The van der Waals surface area contributed by atoms with Crippen molar-refractivity contribution in [2.45, 2.75) is 52.0 Å². The normalized spacial score (nSPS) is 15.3. The van der Waals surface area contributed by atoms with Crippen molar-refractivity contribution in [3.63, 3.8) is 0 Å². The fourth-order valence-electron chi connectivity index (χ4n) is 2.35. The molecule has 1 aliphatic carbocycles.